The van der Waals surface area contributed by atoms with Gasteiger partial charge in [0.15, 0.2) is 6.10 Å². The van der Waals surface area contributed by atoms with E-state index in [1.54, 1.807) is 36.4 Å². The first-order valence-corrected chi connectivity index (χ1v) is 8.05. The van der Waals surface area contributed by atoms with Crippen LogP contribution in [0.3, 0.4) is 0 Å². The predicted molar refractivity (Wildman–Crippen MR) is 82.1 cm³/mol. The summed E-state index contributed by atoms with van der Waals surface area (Å²) in [5.41, 5.74) is 0.482. The lowest BCUT2D eigenvalue weighted by Crippen LogP contribution is -2.32. The zero-order valence-corrected chi connectivity index (χ0v) is 12.6. The van der Waals surface area contributed by atoms with Crippen molar-refractivity contribution in [3.63, 3.8) is 0 Å². The predicted octanol–water partition coefficient (Wildman–Crippen LogP) is 1.78. The van der Waals surface area contributed by atoms with Gasteiger partial charge in [0.2, 0.25) is 0 Å². The van der Waals surface area contributed by atoms with E-state index in [-0.39, 0.29) is 17.2 Å². The molecule has 0 unspecified atom stereocenters. The fourth-order valence-corrected chi connectivity index (χ4v) is 2.91. The minimum atomic E-state index is -1.54. The van der Waals surface area contributed by atoms with E-state index in [1.807, 2.05) is 0 Å². The van der Waals surface area contributed by atoms with E-state index in [4.69, 9.17) is 0 Å². The van der Waals surface area contributed by atoms with Crippen LogP contribution in [0.25, 0.3) is 0 Å². The Labute approximate surface area is 130 Å². The Morgan fingerprint density at radius 2 is 1.77 bits per heavy atom. The Morgan fingerprint density at radius 1 is 1.14 bits per heavy atom. The van der Waals surface area contributed by atoms with Crippen molar-refractivity contribution in [1.29, 1.82) is 0 Å². The number of carbonyl (C=O) groups is 1. The van der Waals surface area contributed by atoms with Gasteiger partial charge < -0.3 is 10.4 Å². The maximum Gasteiger partial charge on any atom is 0.253 e. The Hall–Kier alpha value is -2.05. The molecular weight excluding hydrogens is 305 g/mol. The molecule has 0 radical (unpaired) electrons. The van der Waals surface area contributed by atoms with Crippen molar-refractivity contribution in [3.05, 3.63) is 66.0 Å². The number of halogens is 1. The molecule has 0 heterocycles. The van der Waals surface area contributed by atoms with Crippen molar-refractivity contribution in [2.45, 2.75) is 11.0 Å². The highest BCUT2D eigenvalue weighted by molar-refractivity contribution is 7.85. The van der Waals surface area contributed by atoms with Gasteiger partial charge in [0.05, 0.1) is 15.7 Å². The highest BCUT2D eigenvalue weighted by Crippen LogP contribution is 2.13. The fourth-order valence-electron chi connectivity index (χ4n) is 1.89. The highest BCUT2D eigenvalue weighted by atomic mass is 32.2. The Bertz CT molecular complexity index is 663. The lowest BCUT2D eigenvalue weighted by Gasteiger charge is -2.11. The summed E-state index contributed by atoms with van der Waals surface area (Å²) in [6, 6.07) is 14.3. The van der Waals surface area contributed by atoms with Crippen LogP contribution in [-0.4, -0.2) is 27.5 Å². The molecule has 2 aromatic rings. The number of nitrogens with one attached hydrogen (secondary N) is 1. The molecule has 0 spiro atoms. The standard InChI is InChI=1S/C16H16FNO3S/c17-13-8-4-5-9-14(13)22(21)11-10-18-16(20)15(19)12-6-2-1-3-7-12/h1-9,15,19H,10-11H2,(H,18,20)/t15-,22+/m1/s1. The molecule has 2 atom stereocenters. The van der Waals surface area contributed by atoms with Crippen molar-refractivity contribution >= 4 is 16.7 Å². The van der Waals surface area contributed by atoms with Crippen LogP contribution in [0.1, 0.15) is 11.7 Å². The van der Waals surface area contributed by atoms with E-state index in [9.17, 15) is 18.5 Å². The van der Waals surface area contributed by atoms with Gasteiger partial charge in [0.1, 0.15) is 5.82 Å². The van der Waals surface area contributed by atoms with Gasteiger partial charge in [-0.05, 0) is 17.7 Å². The highest BCUT2D eigenvalue weighted by Gasteiger charge is 2.17. The largest absolute Gasteiger partial charge is 0.378 e. The summed E-state index contributed by atoms with van der Waals surface area (Å²) in [6.07, 6.45) is -1.27. The van der Waals surface area contributed by atoms with Crippen molar-refractivity contribution in [2.24, 2.45) is 0 Å². The zero-order valence-electron chi connectivity index (χ0n) is 11.7. The van der Waals surface area contributed by atoms with Gasteiger partial charge in [-0.15, -0.1) is 0 Å². The summed E-state index contributed by atoms with van der Waals surface area (Å²) in [6.45, 7) is 0.0870. The number of hydrogen-bond acceptors (Lipinski definition) is 3. The van der Waals surface area contributed by atoms with Gasteiger partial charge in [-0.1, -0.05) is 42.5 Å². The number of aliphatic hydroxyl groups is 1. The molecule has 0 aromatic heterocycles. The molecule has 0 fully saturated rings. The number of hydrogen-bond donors (Lipinski definition) is 2. The molecule has 0 aliphatic rings. The van der Waals surface area contributed by atoms with Crippen LogP contribution in [0.5, 0.6) is 0 Å². The van der Waals surface area contributed by atoms with Crippen LogP contribution < -0.4 is 5.32 Å². The van der Waals surface area contributed by atoms with Crippen LogP contribution in [0.15, 0.2) is 59.5 Å². The molecule has 6 heteroatoms. The second-order valence-electron chi connectivity index (χ2n) is 4.58. The SMILES string of the molecule is O=C(NCC[S@](=O)c1ccccc1F)[C@H](O)c1ccccc1. The Kier molecular flexibility index (Phi) is 5.80. The average Bonchev–Trinajstić information content (AvgIpc) is 2.55. The third kappa shape index (κ3) is 4.22. The zero-order chi connectivity index (χ0) is 15.9. The van der Waals surface area contributed by atoms with Crippen LogP contribution in [0.4, 0.5) is 4.39 Å². The number of amides is 1. The number of aliphatic hydroxyl groups excluding tert-OH is 1. The van der Waals surface area contributed by atoms with Crippen molar-refractivity contribution < 1.29 is 18.5 Å². The molecule has 0 aliphatic heterocycles. The normalized spacial score (nSPS) is 13.4. The minimum Gasteiger partial charge on any atom is -0.378 e. The van der Waals surface area contributed by atoms with Gasteiger partial charge in [-0.25, -0.2) is 4.39 Å². The van der Waals surface area contributed by atoms with Crippen LogP contribution in [0.2, 0.25) is 0 Å². The maximum absolute atomic E-state index is 13.5. The smallest absolute Gasteiger partial charge is 0.253 e. The lowest BCUT2D eigenvalue weighted by molar-refractivity contribution is -0.129. The molecule has 0 aliphatic carbocycles. The van der Waals surface area contributed by atoms with E-state index in [0.717, 1.165) is 0 Å². The van der Waals surface area contributed by atoms with Gasteiger partial charge >= 0.3 is 0 Å². The van der Waals surface area contributed by atoms with E-state index < -0.39 is 28.6 Å². The van der Waals surface area contributed by atoms with E-state index in [1.165, 1.54) is 18.2 Å². The molecule has 2 rings (SSSR count). The van der Waals surface area contributed by atoms with E-state index >= 15 is 0 Å². The maximum atomic E-state index is 13.5. The quantitative estimate of drug-likeness (QED) is 0.852. The number of rotatable bonds is 6. The molecule has 0 saturated heterocycles. The first-order valence-electron chi connectivity index (χ1n) is 6.73. The molecule has 22 heavy (non-hydrogen) atoms. The van der Waals surface area contributed by atoms with Gasteiger partial charge in [0.25, 0.3) is 5.91 Å². The molecule has 2 N–H and O–H groups in total. The Balaban J connectivity index is 1.85. The molecular formula is C16H16FNO3S. The van der Waals surface area contributed by atoms with Crippen LogP contribution in [0, 0.1) is 5.82 Å². The Morgan fingerprint density at radius 3 is 2.45 bits per heavy atom. The third-order valence-corrected chi connectivity index (χ3v) is 4.43. The van der Waals surface area contributed by atoms with Crippen molar-refractivity contribution in [1.82, 2.24) is 5.32 Å². The van der Waals surface area contributed by atoms with Crippen LogP contribution in [-0.2, 0) is 15.6 Å². The minimum absolute atomic E-state index is 0.0776. The summed E-state index contributed by atoms with van der Waals surface area (Å²) < 4.78 is 25.4. The average molecular weight is 321 g/mol. The van der Waals surface area contributed by atoms with Crippen molar-refractivity contribution in [2.75, 3.05) is 12.3 Å². The van der Waals surface area contributed by atoms with E-state index in [0.29, 0.717) is 5.56 Å². The lowest BCUT2D eigenvalue weighted by atomic mass is 10.1. The second kappa shape index (κ2) is 7.82. The summed E-state index contributed by atoms with van der Waals surface area (Å²) in [5, 5.41) is 12.4. The monoisotopic (exact) mass is 321 g/mol. The molecule has 2 aromatic carbocycles. The molecule has 0 bridgehead atoms. The molecule has 0 saturated carbocycles. The van der Waals surface area contributed by atoms with Gasteiger partial charge in [-0.2, -0.15) is 0 Å². The summed E-state index contributed by atoms with van der Waals surface area (Å²) in [4.78, 5) is 11.9. The summed E-state index contributed by atoms with van der Waals surface area (Å²) >= 11 is 0. The fraction of sp³-hybridized carbons (Fsp3) is 0.188. The van der Waals surface area contributed by atoms with Gasteiger partial charge in [-0.3, -0.25) is 9.00 Å². The third-order valence-electron chi connectivity index (χ3n) is 3.03. The first kappa shape index (κ1) is 16.3. The molecule has 1 amide bonds. The summed E-state index contributed by atoms with van der Waals surface area (Å²) in [7, 11) is -1.54. The number of benzene rings is 2. The summed E-state index contributed by atoms with van der Waals surface area (Å²) in [5.74, 6) is -1.03. The van der Waals surface area contributed by atoms with Gasteiger partial charge in [0, 0.05) is 12.3 Å². The first-order chi connectivity index (χ1) is 10.6. The molecule has 116 valence electrons. The topological polar surface area (TPSA) is 66.4 Å². The van der Waals surface area contributed by atoms with Crippen LogP contribution >= 0.6 is 0 Å². The number of carbonyl (C=O) groups excluding carboxylic acids is 1. The van der Waals surface area contributed by atoms with E-state index in [2.05, 4.69) is 5.32 Å². The van der Waals surface area contributed by atoms with Crippen molar-refractivity contribution in [3.8, 4) is 0 Å². The molecule has 4 nitrogen and oxygen atoms in total. The second-order valence-corrected chi connectivity index (χ2v) is 6.12.